The minimum atomic E-state index is 0.614. The van der Waals surface area contributed by atoms with E-state index < -0.39 is 0 Å². The summed E-state index contributed by atoms with van der Waals surface area (Å²) < 4.78 is 11.8. The van der Waals surface area contributed by atoms with Crippen LogP contribution in [0.5, 0.6) is 5.75 Å². The van der Waals surface area contributed by atoms with Crippen LogP contribution >= 0.6 is 0 Å². The van der Waals surface area contributed by atoms with Gasteiger partial charge in [-0.05, 0) is 56.9 Å². The molecule has 0 aliphatic heterocycles. The summed E-state index contributed by atoms with van der Waals surface area (Å²) in [7, 11) is 0. The van der Waals surface area contributed by atoms with Gasteiger partial charge in [0.25, 0.3) is 0 Å². The monoisotopic (exact) mass is 308 g/mol. The molecule has 120 valence electrons. The van der Waals surface area contributed by atoms with Crippen LogP contribution in [-0.2, 0) is 6.42 Å². The summed E-state index contributed by atoms with van der Waals surface area (Å²) in [6.45, 7) is 9.13. The highest BCUT2D eigenvalue weighted by atomic mass is 16.5. The van der Waals surface area contributed by atoms with Gasteiger partial charge in [-0.1, -0.05) is 36.3 Å². The lowest BCUT2D eigenvalue weighted by molar-refractivity contribution is 0.347. The van der Waals surface area contributed by atoms with Crippen molar-refractivity contribution in [1.82, 2.24) is 0 Å². The van der Waals surface area contributed by atoms with Crippen molar-refractivity contribution < 1.29 is 9.15 Å². The summed E-state index contributed by atoms with van der Waals surface area (Å²) in [5, 5.41) is 1.20. The second kappa shape index (κ2) is 6.49. The van der Waals surface area contributed by atoms with Gasteiger partial charge < -0.3 is 9.15 Å². The Bertz CT molecular complexity index is 816. The van der Waals surface area contributed by atoms with Crippen LogP contribution in [0.3, 0.4) is 0 Å². The van der Waals surface area contributed by atoms with Crippen molar-refractivity contribution in [2.45, 2.75) is 40.5 Å². The molecule has 3 rings (SSSR count). The van der Waals surface area contributed by atoms with E-state index in [1.54, 1.807) is 0 Å². The quantitative estimate of drug-likeness (QED) is 0.701. The van der Waals surface area contributed by atoms with E-state index in [1.165, 1.54) is 27.7 Å². The number of benzene rings is 1. The molecule has 2 aromatic rings. The minimum absolute atomic E-state index is 0.614. The molecule has 1 aliphatic rings. The third-order valence-corrected chi connectivity index (χ3v) is 4.38. The van der Waals surface area contributed by atoms with Gasteiger partial charge in [-0.3, -0.25) is 0 Å². The molecule has 1 heterocycles. The number of hydrogen-bond donors (Lipinski definition) is 0. The summed E-state index contributed by atoms with van der Waals surface area (Å²) in [6.07, 6.45) is 10.4. The van der Waals surface area contributed by atoms with Gasteiger partial charge in [0.1, 0.15) is 17.9 Å². The van der Waals surface area contributed by atoms with E-state index in [0.29, 0.717) is 6.61 Å². The zero-order valence-corrected chi connectivity index (χ0v) is 14.4. The molecule has 2 nitrogen and oxygen atoms in total. The standard InChI is InChI=1S/C21H24O2/c1-5-18-13-23-21-16(4)20(9-8-19(18)21)22-12-17-7-6-14(2)10-15(3)11-17/h6-10,13H,5,11-12H2,1-4H3. The van der Waals surface area contributed by atoms with Crippen molar-refractivity contribution in [3.05, 3.63) is 64.5 Å². The summed E-state index contributed by atoms with van der Waals surface area (Å²) in [5.74, 6) is 0.905. The molecule has 0 fully saturated rings. The topological polar surface area (TPSA) is 22.4 Å². The molecule has 0 saturated carbocycles. The van der Waals surface area contributed by atoms with Crippen molar-refractivity contribution in [3.8, 4) is 5.75 Å². The van der Waals surface area contributed by atoms with Crippen LogP contribution in [0, 0.1) is 6.92 Å². The van der Waals surface area contributed by atoms with Crippen LogP contribution in [0.25, 0.3) is 11.0 Å². The predicted molar refractivity (Wildman–Crippen MR) is 96.0 cm³/mol. The van der Waals surface area contributed by atoms with E-state index in [0.717, 1.165) is 29.7 Å². The van der Waals surface area contributed by atoms with E-state index in [2.05, 4.69) is 58.1 Å². The molecular formula is C21H24O2. The number of hydrogen-bond acceptors (Lipinski definition) is 2. The lowest BCUT2D eigenvalue weighted by atomic mass is 10.1. The van der Waals surface area contributed by atoms with Crippen LogP contribution in [0.4, 0.5) is 0 Å². The first-order valence-electron chi connectivity index (χ1n) is 8.24. The fourth-order valence-electron chi connectivity index (χ4n) is 3.13. The molecule has 0 spiro atoms. The van der Waals surface area contributed by atoms with Crippen LogP contribution in [0.2, 0.25) is 0 Å². The van der Waals surface area contributed by atoms with Gasteiger partial charge in [0.15, 0.2) is 0 Å². The van der Waals surface area contributed by atoms with E-state index >= 15 is 0 Å². The van der Waals surface area contributed by atoms with Gasteiger partial charge in [0, 0.05) is 10.9 Å². The number of allylic oxidation sites excluding steroid dienone is 5. The number of aryl methyl sites for hydroxylation is 2. The van der Waals surface area contributed by atoms with E-state index in [4.69, 9.17) is 9.15 Å². The van der Waals surface area contributed by atoms with Gasteiger partial charge in [0.2, 0.25) is 0 Å². The Labute approximate surface area is 138 Å². The van der Waals surface area contributed by atoms with Crippen molar-refractivity contribution in [1.29, 1.82) is 0 Å². The first-order chi connectivity index (χ1) is 11.1. The fourth-order valence-corrected chi connectivity index (χ4v) is 3.13. The lowest BCUT2D eigenvalue weighted by Crippen LogP contribution is -2.03. The highest BCUT2D eigenvalue weighted by molar-refractivity contribution is 5.85. The molecule has 1 aliphatic carbocycles. The Hall–Kier alpha value is -2.22. The summed E-state index contributed by atoms with van der Waals surface area (Å²) in [6, 6.07) is 4.17. The largest absolute Gasteiger partial charge is 0.489 e. The number of fused-ring (bicyclic) bond motifs is 1. The summed E-state index contributed by atoms with van der Waals surface area (Å²) in [5.41, 5.74) is 7.23. The molecular weight excluding hydrogens is 284 g/mol. The van der Waals surface area contributed by atoms with Crippen LogP contribution in [0.1, 0.15) is 38.3 Å². The van der Waals surface area contributed by atoms with E-state index in [1.807, 2.05) is 6.26 Å². The smallest absolute Gasteiger partial charge is 0.140 e. The molecule has 0 amide bonds. The van der Waals surface area contributed by atoms with Gasteiger partial charge >= 0.3 is 0 Å². The average Bonchev–Trinajstić information content (AvgIpc) is 2.87. The number of rotatable bonds is 4. The van der Waals surface area contributed by atoms with E-state index in [9.17, 15) is 0 Å². The van der Waals surface area contributed by atoms with Crippen LogP contribution in [-0.4, -0.2) is 6.61 Å². The summed E-state index contributed by atoms with van der Waals surface area (Å²) in [4.78, 5) is 0. The predicted octanol–water partition coefficient (Wildman–Crippen LogP) is 5.91. The van der Waals surface area contributed by atoms with Gasteiger partial charge in [-0.2, -0.15) is 0 Å². The lowest BCUT2D eigenvalue weighted by Gasteiger charge is -2.12. The molecule has 1 aromatic carbocycles. The zero-order valence-electron chi connectivity index (χ0n) is 14.4. The molecule has 2 heteroatoms. The summed E-state index contributed by atoms with van der Waals surface area (Å²) >= 11 is 0. The SMILES string of the molecule is CCc1coc2c(C)c(OCC3=CC=C(C)C=C(C)C3)ccc12. The van der Waals surface area contributed by atoms with Gasteiger partial charge in [0.05, 0.1) is 6.26 Å². The maximum Gasteiger partial charge on any atom is 0.140 e. The first-order valence-corrected chi connectivity index (χ1v) is 8.24. The van der Waals surface area contributed by atoms with Gasteiger partial charge in [-0.25, -0.2) is 0 Å². The minimum Gasteiger partial charge on any atom is -0.489 e. The first kappa shape index (κ1) is 15.7. The third kappa shape index (κ3) is 3.26. The zero-order chi connectivity index (χ0) is 16.4. The van der Waals surface area contributed by atoms with E-state index in [-0.39, 0.29) is 0 Å². The molecule has 0 unspecified atom stereocenters. The Kier molecular flexibility index (Phi) is 4.42. The highest BCUT2D eigenvalue weighted by Gasteiger charge is 2.12. The Morgan fingerprint density at radius 2 is 1.96 bits per heavy atom. The Morgan fingerprint density at radius 3 is 2.74 bits per heavy atom. The fraction of sp³-hybridized carbons (Fsp3) is 0.333. The number of ether oxygens (including phenoxy) is 1. The third-order valence-electron chi connectivity index (χ3n) is 4.38. The molecule has 0 atom stereocenters. The van der Waals surface area contributed by atoms with Crippen LogP contribution in [0.15, 0.2) is 57.8 Å². The van der Waals surface area contributed by atoms with Crippen molar-refractivity contribution in [3.63, 3.8) is 0 Å². The molecule has 23 heavy (non-hydrogen) atoms. The van der Waals surface area contributed by atoms with Crippen molar-refractivity contribution in [2.24, 2.45) is 0 Å². The molecule has 0 saturated heterocycles. The molecule has 0 radical (unpaired) electrons. The molecule has 1 aromatic heterocycles. The Morgan fingerprint density at radius 1 is 1.13 bits per heavy atom. The molecule has 0 N–H and O–H groups in total. The maximum absolute atomic E-state index is 6.08. The second-order valence-corrected chi connectivity index (χ2v) is 6.37. The second-order valence-electron chi connectivity index (χ2n) is 6.37. The normalized spacial score (nSPS) is 15.0. The maximum atomic E-state index is 6.08. The average molecular weight is 308 g/mol. The van der Waals surface area contributed by atoms with Crippen molar-refractivity contribution >= 4 is 11.0 Å². The molecule has 0 bridgehead atoms. The van der Waals surface area contributed by atoms with Gasteiger partial charge in [-0.15, -0.1) is 0 Å². The highest BCUT2D eigenvalue weighted by Crippen LogP contribution is 2.31. The van der Waals surface area contributed by atoms with Crippen LogP contribution < -0.4 is 4.74 Å². The van der Waals surface area contributed by atoms with Crippen molar-refractivity contribution in [2.75, 3.05) is 6.61 Å². The number of furan rings is 1. The Balaban J connectivity index is 1.80.